The molecule has 0 amide bonds. The molecule has 1 aromatic carbocycles. The highest BCUT2D eigenvalue weighted by Gasteiger charge is 2.17. The van der Waals surface area contributed by atoms with Crippen LogP contribution in [0.3, 0.4) is 0 Å². The van der Waals surface area contributed by atoms with E-state index in [1.54, 1.807) is 0 Å². The van der Waals surface area contributed by atoms with Crippen LogP contribution in [0.5, 0.6) is 0 Å². The van der Waals surface area contributed by atoms with Crippen LogP contribution in [0.25, 0.3) is 11.4 Å². The number of aryl methyl sites for hydroxylation is 2. The Labute approximate surface area is 91.7 Å². The molecule has 2 aromatic rings. The lowest BCUT2D eigenvalue weighted by atomic mass is 10.1. The molecule has 4 nitrogen and oxygen atoms in total. The van der Waals surface area contributed by atoms with E-state index < -0.39 is 0 Å². The van der Waals surface area contributed by atoms with E-state index in [1.807, 2.05) is 16.4 Å². The van der Waals surface area contributed by atoms with E-state index in [1.165, 1.54) is 10.5 Å². The number of tetrazole rings is 1. The van der Waals surface area contributed by atoms with Gasteiger partial charge >= 0.3 is 0 Å². The zero-order chi connectivity index (χ0) is 10.3. The molecule has 0 fully saturated rings. The maximum atomic E-state index is 4.09. The zero-order valence-corrected chi connectivity index (χ0v) is 9.16. The largest absolute Gasteiger partial charge is 0.225 e. The number of hydrogen-bond acceptors (Lipinski definition) is 4. The molecule has 0 aliphatic carbocycles. The average molecular weight is 218 g/mol. The Bertz CT molecular complexity index is 506. The molecule has 0 N–H and O–H groups in total. The van der Waals surface area contributed by atoms with Crippen molar-refractivity contribution in [3.63, 3.8) is 0 Å². The van der Waals surface area contributed by atoms with Gasteiger partial charge in [-0.2, -0.15) is 0 Å². The average Bonchev–Trinajstić information content (AvgIpc) is 2.62. The monoisotopic (exact) mass is 218 g/mol. The number of fused-ring (bicyclic) bond motifs is 3. The van der Waals surface area contributed by atoms with Gasteiger partial charge in [-0.3, -0.25) is 0 Å². The molecule has 76 valence electrons. The Hall–Kier alpha value is -1.36. The van der Waals surface area contributed by atoms with Gasteiger partial charge in [0, 0.05) is 16.2 Å². The summed E-state index contributed by atoms with van der Waals surface area (Å²) in [5.74, 6) is 1.91. The van der Waals surface area contributed by atoms with Crippen molar-refractivity contribution in [2.75, 3.05) is 5.75 Å². The number of benzene rings is 1. The third-order valence-corrected chi connectivity index (χ3v) is 3.52. The van der Waals surface area contributed by atoms with Gasteiger partial charge in [0.05, 0.1) is 6.54 Å². The molecule has 1 aliphatic rings. The summed E-state index contributed by atoms with van der Waals surface area (Å²) < 4.78 is 1.87. The Balaban J connectivity index is 2.27. The first kappa shape index (κ1) is 8.91. The fourth-order valence-corrected chi connectivity index (χ4v) is 2.69. The highest BCUT2D eigenvalue weighted by molar-refractivity contribution is 7.99. The topological polar surface area (TPSA) is 43.6 Å². The van der Waals surface area contributed by atoms with Gasteiger partial charge in [-0.1, -0.05) is 11.6 Å². The second-order valence-electron chi connectivity index (χ2n) is 3.57. The van der Waals surface area contributed by atoms with E-state index in [-0.39, 0.29) is 0 Å². The number of aromatic nitrogens is 4. The highest BCUT2D eigenvalue weighted by Crippen LogP contribution is 2.33. The number of nitrogens with zero attached hydrogens (tertiary/aromatic N) is 4. The van der Waals surface area contributed by atoms with E-state index in [4.69, 9.17) is 0 Å². The predicted molar refractivity (Wildman–Crippen MR) is 58.7 cm³/mol. The minimum absolute atomic E-state index is 0.876. The van der Waals surface area contributed by atoms with Crippen molar-refractivity contribution in [2.45, 2.75) is 18.4 Å². The standard InChI is InChI=1S/C10H10N4S/c1-7-2-3-9-8(6-7)10-11-12-13-14(10)4-5-15-9/h2-3,6H,4-5H2,1H3. The van der Waals surface area contributed by atoms with Crippen LogP contribution in [0.2, 0.25) is 0 Å². The first-order chi connectivity index (χ1) is 7.34. The minimum Gasteiger partial charge on any atom is -0.225 e. The lowest BCUT2D eigenvalue weighted by Crippen LogP contribution is -2.02. The Morgan fingerprint density at radius 2 is 2.33 bits per heavy atom. The number of hydrogen-bond donors (Lipinski definition) is 0. The van der Waals surface area contributed by atoms with Gasteiger partial charge in [-0.15, -0.1) is 16.9 Å². The quantitative estimate of drug-likeness (QED) is 0.675. The van der Waals surface area contributed by atoms with E-state index in [9.17, 15) is 0 Å². The molecule has 0 bridgehead atoms. The molecular weight excluding hydrogens is 208 g/mol. The van der Waals surface area contributed by atoms with Crippen LogP contribution in [0, 0.1) is 6.92 Å². The predicted octanol–water partition coefficient (Wildman–Crippen LogP) is 1.75. The van der Waals surface area contributed by atoms with Crippen molar-refractivity contribution >= 4 is 11.8 Å². The molecule has 2 heterocycles. The maximum absolute atomic E-state index is 4.09. The van der Waals surface area contributed by atoms with E-state index in [2.05, 4.69) is 40.6 Å². The number of rotatable bonds is 0. The molecule has 5 heteroatoms. The molecule has 0 atom stereocenters. The Morgan fingerprint density at radius 1 is 1.40 bits per heavy atom. The van der Waals surface area contributed by atoms with Gasteiger partial charge in [-0.05, 0) is 29.5 Å². The van der Waals surface area contributed by atoms with Gasteiger partial charge in [0.25, 0.3) is 0 Å². The number of thioether (sulfide) groups is 1. The molecule has 0 saturated heterocycles. The summed E-state index contributed by atoms with van der Waals surface area (Å²) in [6.45, 7) is 2.96. The summed E-state index contributed by atoms with van der Waals surface area (Å²) in [4.78, 5) is 1.27. The van der Waals surface area contributed by atoms with Crippen molar-refractivity contribution in [1.82, 2.24) is 20.2 Å². The third-order valence-electron chi connectivity index (χ3n) is 2.47. The van der Waals surface area contributed by atoms with Gasteiger partial charge in [0.2, 0.25) is 0 Å². The fourth-order valence-electron chi connectivity index (χ4n) is 1.73. The molecule has 0 spiro atoms. The summed E-state index contributed by atoms with van der Waals surface area (Å²) in [5.41, 5.74) is 2.40. The van der Waals surface area contributed by atoms with Crippen LogP contribution in [0.4, 0.5) is 0 Å². The molecule has 0 unspecified atom stereocenters. The summed E-state index contributed by atoms with van der Waals surface area (Å²) in [6.07, 6.45) is 0. The van der Waals surface area contributed by atoms with E-state index in [0.29, 0.717) is 0 Å². The van der Waals surface area contributed by atoms with Crippen LogP contribution >= 0.6 is 11.8 Å². The van der Waals surface area contributed by atoms with E-state index >= 15 is 0 Å². The summed E-state index contributed by atoms with van der Waals surface area (Å²) in [7, 11) is 0. The van der Waals surface area contributed by atoms with Crippen LogP contribution in [0.1, 0.15) is 5.56 Å². The van der Waals surface area contributed by atoms with Crippen molar-refractivity contribution in [1.29, 1.82) is 0 Å². The first-order valence-corrected chi connectivity index (χ1v) is 5.83. The van der Waals surface area contributed by atoms with Gasteiger partial charge < -0.3 is 0 Å². The molecule has 0 radical (unpaired) electrons. The lowest BCUT2D eigenvalue weighted by molar-refractivity contribution is 0.638. The second-order valence-corrected chi connectivity index (χ2v) is 4.71. The lowest BCUT2D eigenvalue weighted by Gasteiger charge is -2.04. The highest BCUT2D eigenvalue weighted by atomic mass is 32.2. The Morgan fingerprint density at radius 3 is 3.27 bits per heavy atom. The minimum atomic E-state index is 0.876. The van der Waals surface area contributed by atoms with Crippen LogP contribution < -0.4 is 0 Å². The molecule has 1 aliphatic heterocycles. The van der Waals surface area contributed by atoms with Crippen molar-refractivity contribution in [3.05, 3.63) is 23.8 Å². The second kappa shape index (κ2) is 3.34. The molecular formula is C10H10N4S. The molecule has 0 saturated carbocycles. The first-order valence-electron chi connectivity index (χ1n) is 4.84. The zero-order valence-electron chi connectivity index (χ0n) is 8.34. The third kappa shape index (κ3) is 1.43. The van der Waals surface area contributed by atoms with Crippen molar-refractivity contribution in [2.24, 2.45) is 0 Å². The smallest absolute Gasteiger partial charge is 0.183 e. The van der Waals surface area contributed by atoms with Gasteiger partial charge in [0.15, 0.2) is 5.82 Å². The SMILES string of the molecule is Cc1ccc2c(c1)-c1nnnn1CCS2. The maximum Gasteiger partial charge on any atom is 0.183 e. The van der Waals surface area contributed by atoms with Crippen molar-refractivity contribution in [3.8, 4) is 11.4 Å². The van der Waals surface area contributed by atoms with Crippen LogP contribution in [-0.2, 0) is 6.54 Å². The normalized spacial score (nSPS) is 14.2. The van der Waals surface area contributed by atoms with Gasteiger partial charge in [0.1, 0.15) is 0 Å². The van der Waals surface area contributed by atoms with Crippen LogP contribution in [0.15, 0.2) is 23.1 Å². The summed E-state index contributed by atoms with van der Waals surface area (Å²) in [6, 6.07) is 6.43. The Kier molecular flexibility index (Phi) is 1.98. The summed E-state index contributed by atoms with van der Waals surface area (Å²) in [5, 5.41) is 11.8. The van der Waals surface area contributed by atoms with Gasteiger partial charge in [-0.25, -0.2) is 4.68 Å². The van der Waals surface area contributed by atoms with Crippen molar-refractivity contribution < 1.29 is 0 Å². The molecule has 3 rings (SSSR count). The van der Waals surface area contributed by atoms with E-state index in [0.717, 1.165) is 23.7 Å². The summed E-state index contributed by atoms with van der Waals surface area (Å²) >= 11 is 1.85. The molecule has 15 heavy (non-hydrogen) atoms. The fraction of sp³-hybridized carbons (Fsp3) is 0.300. The van der Waals surface area contributed by atoms with Crippen LogP contribution in [-0.4, -0.2) is 26.0 Å². The molecule has 1 aromatic heterocycles.